The zero-order valence-electron chi connectivity index (χ0n) is 10.7. The number of amides is 1. The SMILES string of the molecule is CC(=O)c1ccc(C(=O)NN2CC[NH+](C)CC2)s1. The van der Waals surface area contributed by atoms with E-state index in [0.717, 1.165) is 26.2 Å². The summed E-state index contributed by atoms with van der Waals surface area (Å²) < 4.78 is 0. The van der Waals surface area contributed by atoms with Crippen LogP contribution in [0.1, 0.15) is 26.3 Å². The number of carbonyl (C=O) groups excluding carboxylic acids is 2. The lowest BCUT2D eigenvalue weighted by Crippen LogP contribution is -3.12. The van der Waals surface area contributed by atoms with E-state index in [2.05, 4.69) is 12.5 Å². The van der Waals surface area contributed by atoms with Crippen LogP contribution >= 0.6 is 11.3 Å². The van der Waals surface area contributed by atoms with Gasteiger partial charge >= 0.3 is 0 Å². The number of thiophene rings is 1. The number of rotatable bonds is 3. The van der Waals surface area contributed by atoms with Crippen molar-refractivity contribution in [2.45, 2.75) is 6.92 Å². The highest BCUT2D eigenvalue weighted by Crippen LogP contribution is 2.16. The molecule has 1 amide bonds. The smallest absolute Gasteiger partial charge is 0.275 e. The number of quaternary nitrogens is 1. The molecule has 0 atom stereocenters. The van der Waals surface area contributed by atoms with Crippen molar-refractivity contribution < 1.29 is 14.5 Å². The average Bonchev–Trinajstić information content (AvgIpc) is 2.81. The van der Waals surface area contributed by atoms with Gasteiger partial charge in [0, 0.05) is 0 Å². The van der Waals surface area contributed by atoms with Gasteiger partial charge in [-0.25, -0.2) is 5.01 Å². The van der Waals surface area contributed by atoms with E-state index in [9.17, 15) is 9.59 Å². The molecule has 1 aromatic rings. The molecule has 5 nitrogen and oxygen atoms in total. The highest BCUT2D eigenvalue weighted by atomic mass is 32.1. The van der Waals surface area contributed by atoms with Gasteiger partial charge in [0.1, 0.15) is 0 Å². The summed E-state index contributed by atoms with van der Waals surface area (Å²) >= 11 is 1.24. The molecule has 0 radical (unpaired) electrons. The van der Waals surface area contributed by atoms with Crippen molar-refractivity contribution in [3.8, 4) is 0 Å². The quantitative estimate of drug-likeness (QED) is 0.722. The van der Waals surface area contributed by atoms with Crippen LogP contribution in [0.25, 0.3) is 0 Å². The minimum Gasteiger partial charge on any atom is -0.335 e. The third-order valence-electron chi connectivity index (χ3n) is 3.05. The molecule has 6 heteroatoms. The summed E-state index contributed by atoms with van der Waals surface area (Å²) in [5.41, 5.74) is 2.89. The standard InChI is InChI=1S/C12H17N3O2S/c1-9(16)10-3-4-11(18-10)12(17)13-15-7-5-14(2)6-8-15/h3-4H,5-8H2,1-2H3,(H,13,17)/p+1. The maximum atomic E-state index is 12.0. The highest BCUT2D eigenvalue weighted by molar-refractivity contribution is 7.15. The van der Waals surface area contributed by atoms with Gasteiger partial charge in [0.2, 0.25) is 0 Å². The molecule has 0 aliphatic carbocycles. The molecule has 0 saturated carbocycles. The van der Waals surface area contributed by atoms with E-state index in [4.69, 9.17) is 0 Å². The molecule has 2 rings (SSSR count). The largest absolute Gasteiger partial charge is 0.335 e. The third kappa shape index (κ3) is 3.16. The molecular formula is C12H18N3O2S+. The lowest BCUT2D eigenvalue weighted by Gasteiger charge is -2.29. The van der Waals surface area contributed by atoms with E-state index < -0.39 is 0 Å². The molecule has 0 aromatic carbocycles. The Balaban J connectivity index is 1.93. The van der Waals surface area contributed by atoms with Crippen molar-refractivity contribution in [1.29, 1.82) is 0 Å². The minimum absolute atomic E-state index is 0.00208. The second-order valence-electron chi connectivity index (χ2n) is 4.61. The molecule has 0 spiro atoms. The Morgan fingerprint density at radius 3 is 2.44 bits per heavy atom. The van der Waals surface area contributed by atoms with Crippen LogP contribution in [0.5, 0.6) is 0 Å². The van der Waals surface area contributed by atoms with Gasteiger partial charge in [-0.2, -0.15) is 0 Å². The van der Waals surface area contributed by atoms with Crippen molar-refractivity contribution >= 4 is 23.0 Å². The molecule has 1 aliphatic heterocycles. The summed E-state index contributed by atoms with van der Waals surface area (Å²) in [7, 11) is 2.15. The first-order chi connectivity index (χ1) is 8.56. The van der Waals surface area contributed by atoms with Crippen molar-refractivity contribution in [1.82, 2.24) is 10.4 Å². The van der Waals surface area contributed by atoms with Crippen LogP contribution in [0.15, 0.2) is 12.1 Å². The fraction of sp³-hybridized carbons (Fsp3) is 0.500. The lowest BCUT2D eigenvalue weighted by molar-refractivity contribution is -0.884. The van der Waals surface area contributed by atoms with E-state index in [1.54, 1.807) is 12.1 Å². The topological polar surface area (TPSA) is 53.9 Å². The number of hydrogen-bond donors (Lipinski definition) is 2. The molecule has 18 heavy (non-hydrogen) atoms. The molecule has 1 aliphatic rings. The molecule has 1 aromatic heterocycles. The number of piperazine rings is 1. The monoisotopic (exact) mass is 268 g/mol. The highest BCUT2D eigenvalue weighted by Gasteiger charge is 2.19. The van der Waals surface area contributed by atoms with Gasteiger partial charge in [0.25, 0.3) is 5.91 Å². The summed E-state index contributed by atoms with van der Waals surface area (Å²) in [4.78, 5) is 25.8. The Bertz CT molecular complexity index is 450. The number of nitrogens with one attached hydrogen (secondary N) is 2. The molecule has 0 bridgehead atoms. The molecule has 98 valence electrons. The van der Waals surface area contributed by atoms with Gasteiger partial charge in [-0.1, -0.05) is 0 Å². The number of nitrogens with zero attached hydrogens (tertiary/aromatic N) is 1. The van der Waals surface area contributed by atoms with Crippen LogP contribution in [0.2, 0.25) is 0 Å². The predicted octanol–water partition coefficient (Wildman–Crippen LogP) is -0.574. The Kier molecular flexibility index (Phi) is 4.11. The number of Topliss-reactive ketones (excluding diaryl/α,β-unsaturated/α-hetero) is 1. The van der Waals surface area contributed by atoms with Crippen LogP contribution in [0.4, 0.5) is 0 Å². The van der Waals surface area contributed by atoms with Gasteiger partial charge in [0.05, 0.1) is 43.0 Å². The van der Waals surface area contributed by atoms with Gasteiger partial charge in [-0.05, 0) is 19.1 Å². The molecular weight excluding hydrogens is 250 g/mol. The van der Waals surface area contributed by atoms with Gasteiger partial charge in [-0.15, -0.1) is 11.3 Å². The van der Waals surface area contributed by atoms with Crippen LogP contribution in [0.3, 0.4) is 0 Å². The average molecular weight is 268 g/mol. The van der Waals surface area contributed by atoms with Crippen LogP contribution in [0, 0.1) is 0 Å². The maximum absolute atomic E-state index is 12.0. The molecule has 1 saturated heterocycles. The minimum atomic E-state index is -0.118. The van der Waals surface area contributed by atoms with Crippen molar-refractivity contribution in [2.24, 2.45) is 0 Å². The zero-order valence-corrected chi connectivity index (χ0v) is 11.5. The second-order valence-corrected chi connectivity index (χ2v) is 5.69. The fourth-order valence-electron chi connectivity index (χ4n) is 1.85. The first-order valence-electron chi connectivity index (χ1n) is 6.04. The van der Waals surface area contributed by atoms with Crippen LogP contribution in [-0.4, -0.2) is 49.9 Å². The molecule has 2 N–H and O–H groups in total. The summed E-state index contributed by atoms with van der Waals surface area (Å²) in [6, 6.07) is 3.41. The molecule has 1 fully saturated rings. The van der Waals surface area contributed by atoms with Gasteiger partial charge in [-0.3, -0.25) is 15.0 Å². The normalized spacial score (nSPS) is 17.7. The Labute approximate surface area is 110 Å². The van der Waals surface area contributed by atoms with Crippen molar-refractivity contribution in [2.75, 3.05) is 33.2 Å². The number of hydrogen-bond acceptors (Lipinski definition) is 4. The fourth-order valence-corrected chi connectivity index (χ4v) is 2.64. The van der Waals surface area contributed by atoms with Gasteiger partial charge in [0.15, 0.2) is 5.78 Å². The number of hydrazine groups is 1. The Morgan fingerprint density at radius 1 is 1.28 bits per heavy atom. The van der Waals surface area contributed by atoms with Gasteiger partial charge < -0.3 is 4.90 Å². The van der Waals surface area contributed by atoms with E-state index in [0.29, 0.717) is 9.75 Å². The van der Waals surface area contributed by atoms with E-state index >= 15 is 0 Å². The Hall–Kier alpha value is -1.24. The first-order valence-corrected chi connectivity index (χ1v) is 6.86. The Morgan fingerprint density at radius 2 is 1.89 bits per heavy atom. The van der Waals surface area contributed by atoms with E-state index in [-0.39, 0.29) is 11.7 Å². The van der Waals surface area contributed by atoms with Crippen molar-refractivity contribution in [3.63, 3.8) is 0 Å². The summed E-state index contributed by atoms with van der Waals surface area (Å²) in [5.74, 6) is -0.116. The lowest BCUT2D eigenvalue weighted by atomic mass is 10.3. The number of ketones is 1. The molecule has 2 heterocycles. The second kappa shape index (κ2) is 5.60. The zero-order chi connectivity index (χ0) is 13.1. The first kappa shape index (κ1) is 13.2. The van der Waals surface area contributed by atoms with Crippen LogP contribution < -0.4 is 10.3 Å². The summed E-state index contributed by atoms with van der Waals surface area (Å²) in [6.45, 7) is 5.30. The predicted molar refractivity (Wildman–Crippen MR) is 70.0 cm³/mol. The maximum Gasteiger partial charge on any atom is 0.275 e. The van der Waals surface area contributed by atoms with E-state index in [1.807, 2.05) is 5.01 Å². The number of carbonyl (C=O) groups is 2. The third-order valence-corrected chi connectivity index (χ3v) is 4.24. The molecule has 0 unspecified atom stereocenters. The van der Waals surface area contributed by atoms with E-state index in [1.165, 1.54) is 23.2 Å². The summed E-state index contributed by atoms with van der Waals surface area (Å²) in [5, 5.41) is 1.95. The van der Waals surface area contributed by atoms with Crippen LogP contribution in [-0.2, 0) is 0 Å². The number of likely N-dealkylation sites (N-methyl/N-ethyl adjacent to an activating group) is 1. The van der Waals surface area contributed by atoms with Crippen molar-refractivity contribution in [3.05, 3.63) is 21.9 Å². The summed E-state index contributed by atoms with van der Waals surface area (Å²) in [6.07, 6.45) is 0.